The van der Waals surface area contributed by atoms with Crippen molar-refractivity contribution in [2.75, 3.05) is 0 Å². The number of hydrogen-bond acceptors (Lipinski definition) is 2. The van der Waals surface area contributed by atoms with Crippen LogP contribution in [-0.4, -0.2) is 10.9 Å². The Balaban J connectivity index is 1.80. The number of fused-ring (bicyclic) bond motifs is 1. The fourth-order valence-corrected chi connectivity index (χ4v) is 2.45. The Morgan fingerprint density at radius 2 is 1.52 bits per heavy atom. The zero-order valence-electron chi connectivity index (χ0n) is 11.6. The zero-order chi connectivity index (χ0) is 14.7. The van der Waals surface area contributed by atoms with Crippen LogP contribution in [0.25, 0.3) is 10.8 Å². The van der Waals surface area contributed by atoms with Crippen LogP contribution in [0, 0.1) is 0 Å². The molecule has 0 bridgehead atoms. The average Bonchev–Trinajstić information content (AvgIpc) is 2.55. The van der Waals surface area contributed by atoms with Crippen molar-refractivity contribution >= 4 is 16.6 Å². The minimum atomic E-state index is -0.759. The summed E-state index contributed by atoms with van der Waals surface area (Å²) >= 11 is 0. The molecule has 0 spiro atoms. The molecule has 1 atom stereocenters. The van der Waals surface area contributed by atoms with Gasteiger partial charge in [0.15, 0.2) is 5.78 Å². The predicted molar refractivity (Wildman–Crippen MR) is 84.3 cm³/mol. The highest BCUT2D eigenvalue weighted by molar-refractivity contribution is 6.00. The van der Waals surface area contributed by atoms with Crippen molar-refractivity contribution in [3.05, 3.63) is 83.9 Å². The van der Waals surface area contributed by atoms with Gasteiger partial charge in [-0.2, -0.15) is 0 Å². The second kappa shape index (κ2) is 5.90. The number of aliphatic hydroxyl groups excluding tert-OH is 1. The molecule has 0 aromatic heterocycles. The molecule has 3 aromatic rings. The number of Topliss-reactive ketones (excluding diaryl/α,β-unsaturated/α-hetero) is 1. The van der Waals surface area contributed by atoms with Crippen LogP contribution >= 0.6 is 0 Å². The molecule has 1 N–H and O–H groups in total. The molecular weight excluding hydrogens is 260 g/mol. The fraction of sp³-hybridized carbons (Fsp3) is 0.105. The first-order valence-corrected chi connectivity index (χ1v) is 6.99. The Morgan fingerprint density at radius 3 is 2.29 bits per heavy atom. The maximum Gasteiger partial charge on any atom is 0.165 e. The van der Waals surface area contributed by atoms with E-state index in [1.807, 2.05) is 72.8 Å². The second-order valence-electron chi connectivity index (χ2n) is 5.12. The number of rotatable bonds is 4. The molecule has 0 aliphatic rings. The molecule has 1 unspecified atom stereocenters. The highest BCUT2D eigenvalue weighted by Crippen LogP contribution is 2.21. The van der Waals surface area contributed by atoms with Gasteiger partial charge in [0.2, 0.25) is 0 Å². The Hall–Kier alpha value is -2.45. The SMILES string of the molecule is O=C(CC(O)c1ccccc1)c1ccc2ccccc2c1. The van der Waals surface area contributed by atoms with E-state index in [0.717, 1.165) is 16.3 Å². The molecule has 0 radical (unpaired) electrons. The number of aliphatic hydroxyl groups is 1. The highest BCUT2D eigenvalue weighted by atomic mass is 16.3. The standard InChI is InChI=1S/C19H16O2/c20-18(15-7-2-1-3-8-15)13-19(21)17-11-10-14-6-4-5-9-16(14)12-17/h1-12,18,20H,13H2. The molecule has 2 heteroatoms. The molecule has 0 amide bonds. The van der Waals surface area contributed by atoms with Crippen molar-refractivity contribution in [3.63, 3.8) is 0 Å². The van der Waals surface area contributed by atoms with E-state index in [9.17, 15) is 9.90 Å². The van der Waals surface area contributed by atoms with Crippen LogP contribution in [0.5, 0.6) is 0 Å². The van der Waals surface area contributed by atoms with Gasteiger partial charge in [0.1, 0.15) is 0 Å². The van der Waals surface area contributed by atoms with E-state index in [4.69, 9.17) is 0 Å². The molecule has 0 aliphatic carbocycles. The molecule has 3 rings (SSSR count). The lowest BCUT2D eigenvalue weighted by molar-refractivity contribution is 0.0880. The predicted octanol–water partition coefficient (Wildman–Crippen LogP) is 4.15. The zero-order valence-corrected chi connectivity index (χ0v) is 11.6. The van der Waals surface area contributed by atoms with Crippen LogP contribution in [-0.2, 0) is 0 Å². The van der Waals surface area contributed by atoms with Crippen molar-refractivity contribution in [2.45, 2.75) is 12.5 Å². The van der Waals surface area contributed by atoms with Crippen molar-refractivity contribution in [3.8, 4) is 0 Å². The highest BCUT2D eigenvalue weighted by Gasteiger charge is 2.14. The number of hydrogen-bond donors (Lipinski definition) is 1. The van der Waals surface area contributed by atoms with Gasteiger partial charge in [-0.05, 0) is 22.4 Å². The third-order valence-corrected chi connectivity index (χ3v) is 3.63. The van der Waals surface area contributed by atoms with Gasteiger partial charge in [-0.15, -0.1) is 0 Å². The Labute approximate surface area is 123 Å². The summed E-state index contributed by atoms with van der Waals surface area (Å²) < 4.78 is 0. The number of benzene rings is 3. The molecule has 104 valence electrons. The molecular formula is C19H16O2. The van der Waals surface area contributed by atoms with Crippen molar-refractivity contribution in [1.29, 1.82) is 0 Å². The number of ketones is 1. The van der Waals surface area contributed by atoms with E-state index >= 15 is 0 Å². The van der Waals surface area contributed by atoms with Gasteiger partial charge in [-0.25, -0.2) is 0 Å². The molecule has 2 nitrogen and oxygen atoms in total. The lowest BCUT2D eigenvalue weighted by atomic mass is 9.98. The molecule has 0 fully saturated rings. The van der Waals surface area contributed by atoms with Crippen LogP contribution < -0.4 is 0 Å². The summed E-state index contributed by atoms with van der Waals surface area (Å²) in [5.41, 5.74) is 1.41. The minimum Gasteiger partial charge on any atom is -0.388 e. The van der Waals surface area contributed by atoms with E-state index < -0.39 is 6.10 Å². The van der Waals surface area contributed by atoms with Crippen LogP contribution in [0.2, 0.25) is 0 Å². The van der Waals surface area contributed by atoms with Crippen molar-refractivity contribution in [2.24, 2.45) is 0 Å². The van der Waals surface area contributed by atoms with Gasteiger partial charge >= 0.3 is 0 Å². The van der Waals surface area contributed by atoms with E-state index in [-0.39, 0.29) is 12.2 Å². The van der Waals surface area contributed by atoms with Gasteiger partial charge < -0.3 is 5.11 Å². The van der Waals surface area contributed by atoms with Crippen LogP contribution in [0.1, 0.15) is 28.4 Å². The number of carbonyl (C=O) groups is 1. The summed E-state index contributed by atoms with van der Waals surface area (Å²) in [4.78, 5) is 12.3. The molecule has 0 heterocycles. The summed E-state index contributed by atoms with van der Waals surface area (Å²) in [6.45, 7) is 0. The Morgan fingerprint density at radius 1 is 0.857 bits per heavy atom. The second-order valence-corrected chi connectivity index (χ2v) is 5.12. The summed E-state index contributed by atoms with van der Waals surface area (Å²) in [5, 5.41) is 12.3. The monoisotopic (exact) mass is 276 g/mol. The molecule has 21 heavy (non-hydrogen) atoms. The van der Waals surface area contributed by atoms with E-state index in [1.54, 1.807) is 0 Å². The first-order valence-electron chi connectivity index (χ1n) is 6.99. The van der Waals surface area contributed by atoms with Gasteiger partial charge in [0.25, 0.3) is 0 Å². The van der Waals surface area contributed by atoms with Gasteiger partial charge in [-0.3, -0.25) is 4.79 Å². The van der Waals surface area contributed by atoms with Crippen LogP contribution in [0.3, 0.4) is 0 Å². The average molecular weight is 276 g/mol. The van der Waals surface area contributed by atoms with Gasteiger partial charge in [-0.1, -0.05) is 66.7 Å². The largest absolute Gasteiger partial charge is 0.388 e. The summed E-state index contributed by atoms with van der Waals surface area (Å²) in [6.07, 6.45) is -0.660. The van der Waals surface area contributed by atoms with Crippen LogP contribution in [0.15, 0.2) is 72.8 Å². The smallest absolute Gasteiger partial charge is 0.165 e. The van der Waals surface area contributed by atoms with E-state index in [1.165, 1.54) is 0 Å². The van der Waals surface area contributed by atoms with Crippen molar-refractivity contribution < 1.29 is 9.90 Å². The minimum absolute atomic E-state index is 0.0443. The lowest BCUT2D eigenvalue weighted by Gasteiger charge is -2.10. The maximum atomic E-state index is 12.3. The summed E-state index contributed by atoms with van der Waals surface area (Å²) in [6, 6.07) is 22.9. The fourth-order valence-electron chi connectivity index (χ4n) is 2.45. The Bertz CT molecular complexity index is 763. The van der Waals surface area contributed by atoms with Gasteiger partial charge in [0, 0.05) is 12.0 Å². The third-order valence-electron chi connectivity index (χ3n) is 3.63. The number of carbonyl (C=O) groups excluding carboxylic acids is 1. The molecule has 0 saturated carbocycles. The van der Waals surface area contributed by atoms with Crippen molar-refractivity contribution in [1.82, 2.24) is 0 Å². The lowest BCUT2D eigenvalue weighted by Crippen LogP contribution is -2.07. The maximum absolute atomic E-state index is 12.3. The summed E-state index contributed by atoms with van der Waals surface area (Å²) in [5.74, 6) is -0.0443. The van der Waals surface area contributed by atoms with E-state index in [2.05, 4.69) is 0 Å². The molecule has 0 aliphatic heterocycles. The molecule has 3 aromatic carbocycles. The first kappa shape index (κ1) is 13.5. The topological polar surface area (TPSA) is 37.3 Å². The summed E-state index contributed by atoms with van der Waals surface area (Å²) in [7, 11) is 0. The molecule has 0 saturated heterocycles. The van der Waals surface area contributed by atoms with E-state index in [0.29, 0.717) is 5.56 Å². The quantitative estimate of drug-likeness (QED) is 0.727. The normalized spacial score (nSPS) is 12.2. The Kier molecular flexibility index (Phi) is 3.80. The third kappa shape index (κ3) is 3.01. The first-order chi connectivity index (χ1) is 10.2. The van der Waals surface area contributed by atoms with Gasteiger partial charge in [0.05, 0.1) is 6.10 Å². The van der Waals surface area contributed by atoms with Crippen LogP contribution in [0.4, 0.5) is 0 Å².